The highest BCUT2D eigenvalue weighted by Crippen LogP contribution is 2.25. The Hall–Kier alpha value is -1.13. The summed E-state index contributed by atoms with van der Waals surface area (Å²) in [6.45, 7) is 3.41. The molecule has 0 aromatic carbocycles. The van der Waals surface area contributed by atoms with Gasteiger partial charge in [-0.3, -0.25) is 4.98 Å². The topological polar surface area (TPSA) is 56.6 Å². The number of aliphatic hydroxyl groups is 2. The first-order valence-corrected chi connectivity index (χ1v) is 5.64. The predicted octanol–water partition coefficient (Wildman–Crippen LogP) is 0.925. The Bertz CT molecular complexity index is 366. The van der Waals surface area contributed by atoms with Gasteiger partial charge in [0.25, 0.3) is 0 Å². The lowest BCUT2D eigenvalue weighted by molar-refractivity contribution is 0.0449. The van der Waals surface area contributed by atoms with Crippen molar-refractivity contribution in [1.29, 1.82) is 0 Å². The lowest BCUT2D eigenvalue weighted by atomic mass is 9.95. The van der Waals surface area contributed by atoms with E-state index in [4.69, 9.17) is 5.11 Å². The first kappa shape index (κ1) is 11.4. The van der Waals surface area contributed by atoms with Gasteiger partial charge in [-0.15, -0.1) is 0 Å². The van der Waals surface area contributed by atoms with Crippen molar-refractivity contribution in [1.82, 2.24) is 4.98 Å². The van der Waals surface area contributed by atoms with E-state index in [9.17, 15) is 5.11 Å². The van der Waals surface area contributed by atoms with E-state index in [0.29, 0.717) is 12.2 Å². The Labute approximate surface area is 95.5 Å². The third-order valence-corrected chi connectivity index (χ3v) is 3.00. The molecule has 2 N–H and O–H groups in total. The summed E-state index contributed by atoms with van der Waals surface area (Å²) < 4.78 is 0. The van der Waals surface area contributed by atoms with Crippen molar-refractivity contribution in [3.05, 3.63) is 24.0 Å². The Morgan fingerprint density at radius 2 is 2.38 bits per heavy atom. The summed E-state index contributed by atoms with van der Waals surface area (Å²) in [6.07, 6.45) is 3.54. The molecule has 16 heavy (non-hydrogen) atoms. The van der Waals surface area contributed by atoms with Crippen molar-refractivity contribution >= 4 is 5.69 Å². The molecule has 0 bridgehead atoms. The summed E-state index contributed by atoms with van der Waals surface area (Å²) in [6, 6.07) is 3.79. The zero-order valence-electron chi connectivity index (χ0n) is 9.56. The van der Waals surface area contributed by atoms with Crippen molar-refractivity contribution in [2.24, 2.45) is 0 Å². The van der Waals surface area contributed by atoms with E-state index in [0.717, 1.165) is 25.1 Å². The van der Waals surface area contributed by atoms with Crippen LogP contribution in [0.25, 0.3) is 0 Å². The predicted molar refractivity (Wildman–Crippen MR) is 62.2 cm³/mol. The molecule has 1 aliphatic rings. The first-order valence-electron chi connectivity index (χ1n) is 5.64. The second-order valence-electron chi connectivity index (χ2n) is 4.69. The highest BCUT2D eigenvalue weighted by Gasteiger charge is 2.28. The Balaban J connectivity index is 2.16. The van der Waals surface area contributed by atoms with E-state index >= 15 is 0 Å². The van der Waals surface area contributed by atoms with Crippen molar-refractivity contribution in [2.75, 3.05) is 18.0 Å². The number of rotatable bonds is 2. The minimum atomic E-state index is -0.610. The molecule has 1 aromatic rings. The molecule has 2 rings (SSSR count). The van der Waals surface area contributed by atoms with E-state index in [-0.39, 0.29) is 6.61 Å². The van der Waals surface area contributed by atoms with Crippen LogP contribution in [-0.4, -0.2) is 33.9 Å². The number of β-amino-alcohol motifs (C(OH)–C–C–N with tert-alkyl or cyclic N) is 1. The van der Waals surface area contributed by atoms with Crippen LogP contribution in [-0.2, 0) is 6.61 Å². The van der Waals surface area contributed by atoms with Gasteiger partial charge in [-0.25, -0.2) is 0 Å². The summed E-state index contributed by atoms with van der Waals surface area (Å²) >= 11 is 0. The van der Waals surface area contributed by atoms with Gasteiger partial charge in [-0.2, -0.15) is 0 Å². The summed E-state index contributed by atoms with van der Waals surface area (Å²) in [5, 5.41) is 19.1. The molecule has 0 saturated carbocycles. The fraction of sp³-hybridized carbons (Fsp3) is 0.583. The monoisotopic (exact) mass is 222 g/mol. The second-order valence-corrected chi connectivity index (χ2v) is 4.69. The maximum Gasteiger partial charge on any atom is 0.0853 e. The molecule has 1 fully saturated rings. The van der Waals surface area contributed by atoms with Crippen LogP contribution in [0.1, 0.15) is 25.5 Å². The van der Waals surface area contributed by atoms with E-state index in [2.05, 4.69) is 9.88 Å². The summed E-state index contributed by atoms with van der Waals surface area (Å²) in [7, 11) is 0. The molecule has 0 spiro atoms. The zero-order valence-corrected chi connectivity index (χ0v) is 9.56. The van der Waals surface area contributed by atoms with Gasteiger partial charge in [0, 0.05) is 25.0 Å². The maximum atomic E-state index is 10.0. The minimum absolute atomic E-state index is 0.0436. The summed E-state index contributed by atoms with van der Waals surface area (Å²) in [4.78, 5) is 6.19. The van der Waals surface area contributed by atoms with Crippen LogP contribution in [0.5, 0.6) is 0 Å². The Morgan fingerprint density at radius 1 is 1.56 bits per heavy atom. The normalized spacial score (nSPS) is 25.8. The molecular formula is C12H18N2O2. The fourth-order valence-electron chi connectivity index (χ4n) is 2.19. The van der Waals surface area contributed by atoms with Crippen LogP contribution in [0.3, 0.4) is 0 Å². The molecule has 4 nitrogen and oxygen atoms in total. The van der Waals surface area contributed by atoms with Crippen molar-refractivity contribution in [3.63, 3.8) is 0 Å². The van der Waals surface area contributed by atoms with Gasteiger partial charge in [0.1, 0.15) is 0 Å². The molecule has 2 heterocycles. The van der Waals surface area contributed by atoms with E-state index in [1.807, 2.05) is 19.1 Å². The van der Waals surface area contributed by atoms with Crippen LogP contribution >= 0.6 is 0 Å². The number of aromatic nitrogens is 1. The molecule has 0 radical (unpaired) electrons. The van der Waals surface area contributed by atoms with Gasteiger partial charge < -0.3 is 15.1 Å². The molecule has 88 valence electrons. The van der Waals surface area contributed by atoms with Crippen LogP contribution < -0.4 is 4.90 Å². The number of aliphatic hydroxyl groups excluding tert-OH is 1. The van der Waals surface area contributed by atoms with Gasteiger partial charge in [-0.05, 0) is 31.9 Å². The lowest BCUT2D eigenvalue weighted by Gasteiger charge is -2.38. The minimum Gasteiger partial charge on any atom is -0.390 e. The molecule has 1 aliphatic heterocycles. The van der Waals surface area contributed by atoms with E-state index in [1.165, 1.54) is 0 Å². The average Bonchev–Trinajstić information content (AvgIpc) is 2.28. The number of nitrogens with zero attached hydrogens (tertiary/aromatic N) is 2. The first-order chi connectivity index (χ1) is 7.61. The standard InChI is InChI=1S/C12H18N2O2/c1-12(16)4-2-6-14(9-12)11-3-5-13-10(7-11)8-15/h3,5,7,15-16H,2,4,6,8-9H2,1H3. The Kier molecular flexibility index (Phi) is 3.12. The average molecular weight is 222 g/mol. The van der Waals surface area contributed by atoms with Crippen molar-refractivity contribution < 1.29 is 10.2 Å². The molecule has 1 atom stereocenters. The maximum absolute atomic E-state index is 10.0. The second kappa shape index (κ2) is 4.39. The Morgan fingerprint density at radius 3 is 3.06 bits per heavy atom. The molecule has 4 heteroatoms. The molecule has 1 aromatic heterocycles. The number of piperidine rings is 1. The molecule has 1 unspecified atom stereocenters. The van der Waals surface area contributed by atoms with Crippen molar-refractivity contribution in [2.45, 2.75) is 32.0 Å². The van der Waals surface area contributed by atoms with Gasteiger partial charge in [0.2, 0.25) is 0 Å². The van der Waals surface area contributed by atoms with Crippen LogP contribution in [0.2, 0.25) is 0 Å². The van der Waals surface area contributed by atoms with Gasteiger partial charge in [-0.1, -0.05) is 0 Å². The number of hydrogen-bond donors (Lipinski definition) is 2. The highest BCUT2D eigenvalue weighted by atomic mass is 16.3. The van der Waals surface area contributed by atoms with Gasteiger partial charge in [0.05, 0.1) is 17.9 Å². The largest absolute Gasteiger partial charge is 0.390 e. The molecule has 1 saturated heterocycles. The zero-order chi connectivity index (χ0) is 11.6. The van der Waals surface area contributed by atoms with E-state index in [1.54, 1.807) is 6.20 Å². The third kappa shape index (κ3) is 2.51. The molecule has 0 aliphatic carbocycles. The smallest absolute Gasteiger partial charge is 0.0853 e. The lowest BCUT2D eigenvalue weighted by Crippen LogP contribution is -2.46. The number of hydrogen-bond acceptors (Lipinski definition) is 4. The quantitative estimate of drug-likeness (QED) is 0.781. The number of anilines is 1. The fourth-order valence-corrected chi connectivity index (χ4v) is 2.19. The van der Waals surface area contributed by atoms with Crippen LogP contribution in [0.15, 0.2) is 18.3 Å². The van der Waals surface area contributed by atoms with Gasteiger partial charge in [0.15, 0.2) is 0 Å². The van der Waals surface area contributed by atoms with Crippen LogP contribution in [0, 0.1) is 0 Å². The SMILES string of the molecule is CC1(O)CCCN(c2ccnc(CO)c2)C1. The molecule has 0 amide bonds. The van der Waals surface area contributed by atoms with Gasteiger partial charge >= 0.3 is 0 Å². The highest BCUT2D eigenvalue weighted by molar-refractivity contribution is 5.47. The third-order valence-electron chi connectivity index (χ3n) is 3.00. The van der Waals surface area contributed by atoms with E-state index < -0.39 is 5.60 Å². The summed E-state index contributed by atoms with van der Waals surface area (Å²) in [5.74, 6) is 0. The number of pyridine rings is 1. The summed E-state index contributed by atoms with van der Waals surface area (Å²) in [5.41, 5.74) is 1.09. The molecular weight excluding hydrogens is 204 g/mol. The van der Waals surface area contributed by atoms with Crippen molar-refractivity contribution in [3.8, 4) is 0 Å². The van der Waals surface area contributed by atoms with Crippen LogP contribution in [0.4, 0.5) is 5.69 Å².